The van der Waals surface area contributed by atoms with E-state index >= 15 is 0 Å². The van der Waals surface area contributed by atoms with Gasteiger partial charge in [-0.25, -0.2) is 4.79 Å². The van der Waals surface area contributed by atoms with Gasteiger partial charge >= 0.3 is 5.97 Å². The number of aliphatic hydroxyl groups is 2. The van der Waals surface area contributed by atoms with E-state index in [9.17, 15) is 20.3 Å². The third-order valence-corrected chi connectivity index (χ3v) is 6.72. The summed E-state index contributed by atoms with van der Waals surface area (Å²) >= 11 is 6.54. The van der Waals surface area contributed by atoms with E-state index in [1.165, 1.54) is 0 Å². The molecule has 0 aliphatic carbocycles. The summed E-state index contributed by atoms with van der Waals surface area (Å²) in [7, 11) is 0. The van der Waals surface area contributed by atoms with E-state index in [2.05, 4.69) is 11.4 Å². The molecule has 0 saturated carbocycles. The molecule has 0 fully saturated rings. The number of halogens is 1. The Kier molecular flexibility index (Phi) is 9.90. The molecule has 0 spiro atoms. The van der Waals surface area contributed by atoms with Crippen LogP contribution in [0.3, 0.4) is 0 Å². The average molecular weight is 557 g/mol. The van der Waals surface area contributed by atoms with Crippen molar-refractivity contribution < 1.29 is 24.5 Å². The number of nitrogens with zero attached hydrogens (tertiary/aromatic N) is 1. The number of nitrogens with one attached hydrogen (secondary N) is 1. The Hall–Kier alpha value is -4.19. The van der Waals surface area contributed by atoms with E-state index in [0.717, 1.165) is 22.3 Å². The summed E-state index contributed by atoms with van der Waals surface area (Å²) in [5.41, 5.74) is 5.03. The van der Waals surface area contributed by atoms with Crippen LogP contribution in [0.1, 0.15) is 32.6 Å². The normalized spacial score (nSPS) is 10.8. The van der Waals surface area contributed by atoms with E-state index < -0.39 is 12.0 Å². The molecule has 0 amide bonds. The molecule has 4 aromatic carbocycles. The molecule has 204 valence electrons. The first kappa shape index (κ1) is 28.8. The molecule has 0 aliphatic rings. The molecule has 8 heteroatoms. The van der Waals surface area contributed by atoms with Crippen molar-refractivity contribution in [3.8, 4) is 28.7 Å². The molecule has 40 heavy (non-hydrogen) atoms. The Morgan fingerprint density at radius 3 is 2.45 bits per heavy atom. The highest BCUT2D eigenvalue weighted by molar-refractivity contribution is 6.32. The van der Waals surface area contributed by atoms with Gasteiger partial charge in [-0.1, -0.05) is 66.2 Å². The largest absolute Gasteiger partial charge is 0.488 e. The molecule has 0 unspecified atom stereocenters. The van der Waals surface area contributed by atoms with Gasteiger partial charge in [-0.2, -0.15) is 5.26 Å². The minimum Gasteiger partial charge on any atom is -0.488 e. The molecule has 0 atom stereocenters. The maximum absolute atomic E-state index is 13.3. The number of carbonyl (C=O) groups excluding carboxylic acids is 1. The van der Waals surface area contributed by atoms with Crippen LogP contribution in [0.4, 0.5) is 0 Å². The van der Waals surface area contributed by atoms with Crippen LogP contribution in [0.15, 0.2) is 84.9 Å². The third kappa shape index (κ3) is 7.06. The minimum absolute atomic E-state index is 0.126. The molecule has 0 radical (unpaired) electrons. The lowest BCUT2D eigenvalue weighted by molar-refractivity contribution is 0.0733. The van der Waals surface area contributed by atoms with Crippen molar-refractivity contribution in [2.75, 3.05) is 13.2 Å². The smallest absolute Gasteiger partial charge is 0.343 e. The summed E-state index contributed by atoms with van der Waals surface area (Å²) in [4.78, 5) is 13.3. The predicted octanol–water partition coefficient (Wildman–Crippen LogP) is 5.43. The van der Waals surface area contributed by atoms with Gasteiger partial charge in [0.25, 0.3) is 0 Å². The molecule has 7 nitrogen and oxygen atoms in total. The lowest BCUT2D eigenvalue weighted by atomic mass is 9.96. The number of hydrogen-bond acceptors (Lipinski definition) is 7. The second-order valence-corrected chi connectivity index (χ2v) is 9.58. The minimum atomic E-state index is -0.559. The molecule has 4 rings (SSSR count). The van der Waals surface area contributed by atoms with Crippen LogP contribution >= 0.6 is 11.6 Å². The van der Waals surface area contributed by atoms with Crippen molar-refractivity contribution >= 4 is 17.6 Å². The number of ether oxygens (including phenoxy) is 2. The van der Waals surface area contributed by atoms with Crippen LogP contribution in [0.5, 0.6) is 11.5 Å². The van der Waals surface area contributed by atoms with Gasteiger partial charge in [-0.05, 0) is 53.4 Å². The SMILES string of the molecule is Cc1c(C(=O)Oc2cc(OCc3cccc(C#N)c3)c(CNC(CO)CO)cc2Cl)cccc1-c1ccccc1. The molecule has 3 N–H and O–H groups in total. The van der Waals surface area contributed by atoms with Crippen molar-refractivity contribution in [2.24, 2.45) is 0 Å². The second-order valence-electron chi connectivity index (χ2n) is 9.17. The van der Waals surface area contributed by atoms with Crippen LogP contribution < -0.4 is 14.8 Å². The summed E-state index contributed by atoms with van der Waals surface area (Å²) in [5, 5.41) is 31.3. The van der Waals surface area contributed by atoms with E-state index in [1.807, 2.05) is 55.5 Å². The molecule has 0 heterocycles. The van der Waals surface area contributed by atoms with Crippen LogP contribution in [-0.4, -0.2) is 35.4 Å². The predicted molar refractivity (Wildman–Crippen MR) is 153 cm³/mol. The highest BCUT2D eigenvalue weighted by atomic mass is 35.5. The van der Waals surface area contributed by atoms with Gasteiger partial charge < -0.3 is 25.0 Å². The van der Waals surface area contributed by atoms with Crippen molar-refractivity contribution in [3.05, 3.63) is 118 Å². The Labute approximate surface area is 238 Å². The highest BCUT2D eigenvalue weighted by Crippen LogP contribution is 2.35. The van der Waals surface area contributed by atoms with Crippen LogP contribution in [0.2, 0.25) is 5.02 Å². The number of rotatable bonds is 11. The Bertz CT molecular complexity index is 1510. The summed E-state index contributed by atoms with van der Waals surface area (Å²) in [6, 6.07) is 27.0. The molecule has 0 aliphatic heterocycles. The highest BCUT2D eigenvalue weighted by Gasteiger charge is 2.19. The van der Waals surface area contributed by atoms with Gasteiger partial charge in [-0.15, -0.1) is 0 Å². The van der Waals surface area contributed by atoms with Gasteiger partial charge in [0, 0.05) is 18.2 Å². The molecule has 0 saturated heterocycles. The fraction of sp³-hybridized carbons (Fsp3) is 0.188. The molecule has 0 aromatic heterocycles. The Morgan fingerprint density at radius 2 is 1.73 bits per heavy atom. The molecular formula is C32H29ClN2O5. The molecular weight excluding hydrogens is 528 g/mol. The molecule has 0 bridgehead atoms. The zero-order chi connectivity index (χ0) is 28.5. The van der Waals surface area contributed by atoms with E-state index in [4.69, 9.17) is 21.1 Å². The van der Waals surface area contributed by atoms with Gasteiger partial charge in [0.2, 0.25) is 0 Å². The van der Waals surface area contributed by atoms with Crippen LogP contribution in [0, 0.1) is 18.3 Å². The summed E-state index contributed by atoms with van der Waals surface area (Å²) in [6.45, 7) is 1.75. The number of esters is 1. The van der Waals surface area contributed by atoms with E-state index in [-0.39, 0.29) is 37.1 Å². The van der Waals surface area contributed by atoms with E-state index in [1.54, 1.807) is 36.4 Å². The van der Waals surface area contributed by atoms with Crippen molar-refractivity contribution in [3.63, 3.8) is 0 Å². The van der Waals surface area contributed by atoms with Gasteiger partial charge in [0.05, 0.1) is 41.5 Å². The van der Waals surface area contributed by atoms with Crippen molar-refractivity contribution in [1.29, 1.82) is 5.26 Å². The topological polar surface area (TPSA) is 112 Å². The number of aliphatic hydroxyl groups excluding tert-OH is 2. The number of benzene rings is 4. The van der Waals surface area contributed by atoms with Crippen molar-refractivity contribution in [2.45, 2.75) is 26.1 Å². The number of nitriles is 1. The maximum Gasteiger partial charge on any atom is 0.343 e. The quantitative estimate of drug-likeness (QED) is 0.167. The van der Waals surface area contributed by atoms with Crippen molar-refractivity contribution in [1.82, 2.24) is 5.32 Å². The lowest BCUT2D eigenvalue weighted by Gasteiger charge is -2.18. The Morgan fingerprint density at radius 1 is 0.975 bits per heavy atom. The summed E-state index contributed by atoms with van der Waals surface area (Å²) < 4.78 is 11.8. The van der Waals surface area contributed by atoms with Crippen LogP contribution in [0.25, 0.3) is 11.1 Å². The number of hydrogen-bond donors (Lipinski definition) is 3. The standard InChI is InChI=1S/C32H29ClN2O5/c1-21-27(24-9-3-2-4-10-24)11-6-12-28(21)32(38)40-31-15-30(39-20-23-8-5-7-22(13-23)16-34)25(14-29(31)33)17-35-26(18-36)19-37/h2-15,26,35-37H,17-20H2,1H3. The fourth-order valence-corrected chi connectivity index (χ4v) is 4.43. The Balaban J connectivity index is 1.62. The molecule has 4 aromatic rings. The van der Waals surface area contributed by atoms with Gasteiger partial charge in [0.1, 0.15) is 12.4 Å². The summed E-state index contributed by atoms with van der Waals surface area (Å²) in [5.74, 6) is -0.0376. The zero-order valence-electron chi connectivity index (χ0n) is 21.9. The van der Waals surface area contributed by atoms with Gasteiger partial charge in [-0.3, -0.25) is 0 Å². The second kappa shape index (κ2) is 13.7. The first-order chi connectivity index (χ1) is 19.4. The number of carbonyl (C=O) groups is 1. The average Bonchev–Trinajstić information content (AvgIpc) is 2.98. The van der Waals surface area contributed by atoms with Crippen LogP contribution in [-0.2, 0) is 13.2 Å². The monoisotopic (exact) mass is 556 g/mol. The van der Waals surface area contributed by atoms with Gasteiger partial charge in [0.15, 0.2) is 5.75 Å². The third-order valence-electron chi connectivity index (χ3n) is 6.43. The van der Waals surface area contributed by atoms with E-state index in [0.29, 0.717) is 22.4 Å². The maximum atomic E-state index is 13.3. The summed E-state index contributed by atoms with van der Waals surface area (Å²) in [6.07, 6.45) is 0. The first-order valence-electron chi connectivity index (χ1n) is 12.7. The zero-order valence-corrected chi connectivity index (χ0v) is 22.7. The first-order valence-corrected chi connectivity index (χ1v) is 13.1. The fourth-order valence-electron chi connectivity index (χ4n) is 4.20. The lowest BCUT2D eigenvalue weighted by Crippen LogP contribution is -2.35.